The van der Waals surface area contributed by atoms with Crippen molar-refractivity contribution in [3.8, 4) is 5.75 Å². The summed E-state index contributed by atoms with van der Waals surface area (Å²) in [4.78, 5) is 21.6. The van der Waals surface area contributed by atoms with E-state index in [1.807, 2.05) is 0 Å². The molecule has 1 aromatic rings. The van der Waals surface area contributed by atoms with Gasteiger partial charge in [0.1, 0.15) is 6.04 Å². The largest absolute Gasteiger partial charge is 0.503 e. The van der Waals surface area contributed by atoms with Crippen molar-refractivity contribution in [3.05, 3.63) is 28.2 Å². The number of hydrogen-bond acceptors (Lipinski definition) is 5. The molecule has 100 valence electrons. The van der Waals surface area contributed by atoms with E-state index in [1.54, 1.807) is 17.7 Å². The van der Waals surface area contributed by atoms with Gasteiger partial charge in [0.25, 0.3) is 0 Å². The summed E-state index contributed by atoms with van der Waals surface area (Å²) in [6.45, 7) is 2.24. The Morgan fingerprint density at radius 3 is 2.89 bits per heavy atom. The van der Waals surface area contributed by atoms with E-state index in [0.29, 0.717) is 23.7 Å². The van der Waals surface area contributed by atoms with Crippen molar-refractivity contribution in [1.82, 2.24) is 4.57 Å². The molecule has 7 heteroatoms. The topological polar surface area (TPSA) is 106 Å². The standard InChI is InChI=1S/C11H16N2O4S/c1-7-10(15)9(14)2-3-13(7)4-5-18-6-8(12)11(16)17/h2-3,8,15H,4-6,12H2,1H3,(H,16,17)/t8-/m1/s1. The van der Waals surface area contributed by atoms with Gasteiger partial charge >= 0.3 is 5.97 Å². The minimum Gasteiger partial charge on any atom is -0.503 e. The van der Waals surface area contributed by atoms with Gasteiger partial charge in [-0.25, -0.2) is 0 Å². The van der Waals surface area contributed by atoms with Crippen LogP contribution in [0.5, 0.6) is 5.75 Å². The van der Waals surface area contributed by atoms with Crippen LogP contribution in [0.15, 0.2) is 17.1 Å². The molecule has 0 bridgehead atoms. The van der Waals surface area contributed by atoms with Crippen LogP contribution in [-0.4, -0.2) is 38.3 Å². The third-order valence-corrected chi connectivity index (χ3v) is 3.57. The van der Waals surface area contributed by atoms with Gasteiger partial charge in [-0.1, -0.05) is 0 Å². The lowest BCUT2D eigenvalue weighted by atomic mass is 10.3. The van der Waals surface area contributed by atoms with Crippen LogP contribution in [0.25, 0.3) is 0 Å². The van der Waals surface area contributed by atoms with E-state index in [2.05, 4.69) is 0 Å². The Morgan fingerprint density at radius 1 is 1.61 bits per heavy atom. The van der Waals surface area contributed by atoms with Crippen LogP contribution in [-0.2, 0) is 11.3 Å². The third kappa shape index (κ3) is 3.78. The third-order valence-electron chi connectivity index (χ3n) is 2.50. The fraction of sp³-hybridized carbons (Fsp3) is 0.455. The first kappa shape index (κ1) is 14.6. The monoisotopic (exact) mass is 272 g/mol. The molecule has 18 heavy (non-hydrogen) atoms. The van der Waals surface area contributed by atoms with Crippen LogP contribution >= 0.6 is 11.8 Å². The summed E-state index contributed by atoms with van der Waals surface area (Å²) in [6, 6.07) is 0.439. The second kappa shape index (κ2) is 6.46. The zero-order chi connectivity index (χ0) is 13.7. The fourth-order valence-electron chi connectivity index (χ4n) is 1.35. The number of rotatable bonds is 6. The molecule has 6 nitrogen and oxygen atoms in total. The maximum atomic E-state index is 11.1. The highest BCUT2D eigenvalue weighted by Gasteiger charge is 2.11. The number of nitrogens with two attached hydrogens (primary N) is 1. The second-order valence-corrected chi connectivity index (χ2v) is 4.98. The number of aromatic nitrogens is 1. The number of carbonyl (C=O) groups is 1. The fourth-order valence-corrected chi connectivity index (χ4v) is 2.24. The molecule has 0 fully saturated rings. The zero-order valence-electron chi connectivity index (χ0n) is 10.00. The summed E-state index contributed by atoms with van der Waals surface area (Å²) in [5.41, 5.74) is 5.47. The molecule has 0 amide bonds. The molecule has 1 rings (SSSR count). The normalized spacial score (nSPS) is 12.3. The van der Waals surface area contributed by atoms with Crippen molar-refractivity contribution in [3.63, 3.8) is 0 Å². The van der Waals surface area contributed by atoms with Gasteiger partial charge in [-0.05, 0) is 6.92 Å². The first-order valence-electron chi connectivity index (χ1n) is 5.38. The van der Waals surface area contributed by atoms with Crippen LogP contribution in [0.4, 0.5) is 0 Å². The van der Waals surface area contributed by atoms with Crippen LogP contribution in [0.2, 0.25) is 0 Å². The lowest BCUT2D eigenvalue weighted by Gasteiger charge is -2.11. The number of aromatic hydroxyl groups is 1. The lowest BCUT2D eigenvalue weighted by Crippen LogP contribution is -2.32. The van der Waals surface area contributed by atoms with Crippen molar-refractivity contribution in [2.24, 2.45) is 5.73 Å². The summed E-state index contributed by atoms with van der Waals surface area (Å²) in [5.74, 6) is -0.269. The molecule has 1 aromatic heterocycles. The number of nitrogens with zero attached hydrogens (tertiary/aromatic N) is 1. The first-order valence-corrected chi connectivity index (χ1v) is 6.54. The van der Waals surface area contributed by atoms with Gasteiger partial charge < -0.3 is 20.5 Å². The minimum absolute atomic E-state index is 0.246. The molecule has 0 unspecified atom stereocenters. The number of carboxylic acid groups (broad SMARTS) is 1. The van der Waals surface area contributed by atoms with Crippen LogP contribution in [0, 0.1) is 6.92 Å². The van der Waals surface area contributed by atoms with Crippen molar-refractivity contribution >= 4 is 17.7 Å². The predicted octanol–water partition coefficient (Wildman–Crippen LogP) is 0.00742. The average Bonchev–Trinajstić information content (AvgIpc) is 2.33. The molecule has 0 saturated heterocycles. The summed E-state index contributed by atoms with van der Waals surface area (Å²) < 4.78 is 1.75. The van der Waals surface area contributed by atoms with Crippen molar-refractivity contribution in [2.45, 2.75) is 19.5 Å². The van der Waals surface area contributed by atoms with Gasteiger partial charge in [0, 0.05) is 30.3 Å². The molecular formula is C11H16N2O4S. The van der Waals surface area contributed by atoms with E-state index in [1.165, 1.54) is 17.8 Å². The van der Waals surface area contributed by atoms with Gasteiger partial charge in [0.05, 0.1) is 5.69 Å². The van der Waals surface area contributed by atoms with E-state index in [4.69, 9.17) is 10.8 Å². The van der Waals surface area contributed by atoms with Gasteiger partial charge in [0.15, 0.2) is 5.75 Å². The van der Waals surface area contributed by atoms with E-state index in [0.717, 1.165) is 0 Å². The van der Waals surface area contributed by atoms with Crippen molar-refractivity contribution in [2.75, 3.05) is 11.5 Å². The molecule has 0 aliphatic rings. The average molecular weight is 272 g/mol. The van der Waals surface area contributed by atoms with E-state index in [-0.39, 0.29) is 5.75 Å². The first-order chi connectivity index (χ1) is 8.43. The highest BCUT2D eigenvalue weighted by molar-refractivity contribution is 7.99. The molecule has 0 saturated carbocycles. The zero-order valence-corrected chi connectivity index (χ0v) is 10.8. The highest BCUT2D eigenvalue weighted by Crippen LogP contribution is 2.11. The summed E-state index contributed by atoms with van der Waals surface area (Å²) >= 11 is 1.42. The number of hydrogen-bond donors (Lipinski definition) is 3. The molecular weight excluding hydrogens is 256 g/mol. The lowest BCUT2D eigenvalue weighted by molar-refractivity contribution is -0.137. The van der Waals surface area contributed by atoms with Crippen molar-refractivity contribution in [1.29, 1.82) is 0 Å². The van der Waals surface area contributed by atoms with Gasteiger partial charge in [-0.3, -0.25) is 9.59 Å². The molecule has 4 N–H and O–H groups in total. The Hall–Kier alpha value is -1.47. The van der Waals surface area contributed by atoms with Gasteiger partial charge in [-0.2, -0.15) is 11.8 Å². The molecule has 1 heterocycles. The van der Waals surface area contributed by atoms with Gasteiger partial charge in [-0.15, -0.1) is 0 Å². The molecule has 0 aromatic carbocycles. The Bertz CT molecular complexity index is 486. The maximum absolute atomic E-state index is 11.1. The molecule has 0 radical (unpaired) electrons. The quantitative estimate of drug-likeness (QED) is 0.630. The smallest absolute Gasteiger partial charge is 0.321 e. The number of carboxylic acids is 1. The predicted molar refractivity (Wildman–Crippen MR) is 70.0 cm³/mol. The van der Waals surface area contributed by atoms with Crippen LogP contribution in [0.1, 0.15) is 5.69 Å². The Balaban J connectivity index is 2.48. The second-order valence-electron chi connectivity index (χ2n) is 3.83. The molecule has 0 spiro atoms. The van der Waals surface area contributed by atoms with E-state index in [9.17, 15) is 14.7 Å². The van der Waals surface area contributed by atoms with E-state index < -0.39 is 17.4 Å². The Kier molecular flexibility index (Phi) is 5.24. The SMILES string of the molecule is Cc1c(O)c(=O)ccn1CCSC[C@@H](N)C(=O)O. The van der Waals surface area contributed by atoms with Crippen LogP contribution < -0.4 is 11.2 Å². The summed E-state index contributed by atoms with van der Waals surface area (Å²) in [5, 5.41) is 18.1. The number of thioether (sulfide) groups is 1. The minimum atomic E-state index is -1.01. The van der Waals surface area contributed by atoms with Gasteiger partial charge in [0.2, 0.25) is 5.43 Å². The van der Waals surface area contributed by atoms with E-state index >= 15 is 0 Å². The maximum Gasteiger partial charge on any atom is 0.321 e. The number of pyridine rings is 1. The molecule has 0 aliphatic carbocycles. The summed E-state index contributed by atoms with van der Waals surface area (Å²) in [6.07, 6.45) is 1.61. The molecule has 0 aliphatic heterocycles. The highest BCUT2D eigenvalue weighted by atomic mass is 32.2. The Labute approximate surface area is 108 Å². The number of aryl methyl sites for hydroxylation is 1. The Morgan fingerprint density at radius 2 is 2.28 bits per heavy atom. The van der Waals surface area contributed by atoms with Crippen LogP contribution in [0.3, 0.4) is 0 Å². The van der Waals surface area contributed by atoms with Crippen molar-refractivity contribution < 1.29 is 15.0 Å². The number of aliphatic carboxylic acids is 1. The molecule has 1 atom stereocenters. The summed E-state index contributed by atoms with van der Waals surface area (Å²) in [7, 11) is 0.